The predicted octanol–water partition coefficient (Wildman–Crippen LogP) is 2.56. The molecule has 5 aliphatic carbocycles. The van der Waals surface area contributed by atoms with Crippen LogP contribution in [0.5, 0.6) is 0 Å². The van der Waals surface area contributed by atoms with Gasteiger partial charge in [0.15, 0.2) is 0 Å². The lowest BCUT2D eigenvalue weighted by atomic mass is 9.63. The molecule has 4 atom stereocenters. The van der Waals surface area contributed by atoms with E-state index in [4.69, 9.17) is 0 Å². The van der Waals surface area contributed by atoms with E-state index in [0.29, 0.717) is 30.3 Å². The SMILES string of the molecule is O=C(CN1CCN(C(=O)C23CC4CC2CC(c2ccccc2)(C4)C3)CC1)NC1CC1. The lowest BCUT2D eigenvalue weighted by Gasteiger charge is -2.43. The summed E-state index contributed by atoms with van der Waals surface area (Å²) in [5.74, 6) is 1.85. The van der Waals surface area contributed by atoms with Gasteiger partial charge >= 0.3 is 0 Å². The number of amides is 2. The largest absolute Gasteiger partial charge is 0.352 e. The van der Waals surface area contributed by atoms with Crippen LogP contribution in [-0.4, -0.2) is 60.4 Å². The summed E-state index contributed by atoms with van der Waals surface area (Å²) in [7, 11) is 0. The van der Waals surface area contributed by atoms with Gasteiger partial charge in [-0.2, -0.15) is 0 Å². The molecule has 6 aliphatic rings. The van der Waals surface area contributed by atoms with Gasteiger partial charge in [0.1, 0.15) is 0 Å². The molecule has 4 bridgehead atoms. The Bertz CT molecular complexity index is 845. The van der Waals surface area contributed by atoms with Gasteiger partial charge in [0.2, 0.25) is 11.8 Å². The number of piperazine rings is 1. The lowest BCUT2D eigenvalue weighted by Crippen LogP contribution is -2.55. The highest BCUT2D eigenvalue weighted by molar-refractivity contribution is 5.85. The van der Waals surface area contributed by atoms with E-state index >= 15 is 0 Å². The first kappa shape index (κ1) is 18.9. The highest BCUT2D eigenvalue weighted by Gasteiger charge is 2.67. The van der Waals surface area contributed by atoms with E-state index in [1.54, 1.807) is 0 Å². The lowest BCUT2D eigenvalue weighted by molar-refractivity contribution is -0.146. The molecule has 1 aromatic rings. The van der Waals surface area contributed by atoms with Crippen molar-refractivity contribution in [2.75, 3.05) is 32.7 Å². The van der Waals surface area contributed by atoms with Crippen LogP contribution in [0.2, 0.25) is 0 Å². The molecule has 6 fully saturated rings. The van der Waals surface area contributed by atoms with E-state index in [1.165, 1.54) is 24.8 Å². The standard InChI is InChI=1S/C25H33N3O2/c29-22(26-21-6-7-21)16-27-8-10-28(11-9-27)23(30)25-14-18-12-20(25)15-24(13-18,17-25)19-4-2-1-3-5-19/h1-5,18,20-21H,6-17H2,(H,26,29). The van der Waals surface area contributed by atoms with Gasteiger partial charge in [0, 0.05) is 32.2 Å². The average molecular weight is 408 g/mol. The Balaban J connectivity index is 1.13. The van der Waals surface area contributed by atoms with Crippen LogP contribution in [0.4, 0.5) is 0 Å². The minimum atomic E-state index is -0.121. The number of hydrogen-bond donors (Lipinski definition) is 1. The molecule has 1 N–H and O–H groups in total. The summed E-state index contributed by atoms with van der Waals surface area (Å²) >= 11 is 0. The van der Waals surface area contributed by atoms with Crippen molar-refractivity contribution >= 4 is 11.8 Å². The van der Waals surface area contributed by atoms with Crippen molar-refractivity contribution in [1.82, 2.24) is 15.1 Å². The van der Waals surface area contributed by atoms with Crippen LogP contribution in [0.3, 0.4) is 0 Å². The zero-order valence-corrected chi connectivity index (χ0v) is 17.8. The molecule has 1 aliphatic heterocycles. The highest BCUT2D eigenvalue weighted by atomic mass is 16.2. The van der Waals surface area contributed by atoms with E-state index in [9.17, 15) is 9.59 Å². The van der Waals surface area contributed by atoms with Crippen molar-refractivity contribution in [1.29, 1.82) is 0 Å². The molecular formula is C25H33N3O2. The van der Waals surface area contributed by atoms with Crippen LogP contribution in [0, 0.1) is 17.3 Å². The minimum absolute atomic E-state index is 0.121. The van der Waals surface area contributed by atoms with Crippen molar-refractivity contribution in [2.45, 2.75) is 56.4 Å². The molecule has 1 aromatic carbocycles. The molecule has 1 heterocycles. The van der Waals surface area contributed by atoms with Gasteiger partial charge in [0.05, 0.1) is 12.0 Å². The van der Waals surface area contributed by atoms with Crippen molar-refractivity contribution in [3.05, 3.63) is 35.9 Å². The summed E-state index contributed by atoms with van der Waals surface area (Å²) in [5, 5.41) is 3.08. The van der Waals surface area contributed by atoms with E-state index < -0.39 is 0 Å². The van der Waals surface area contributed by atoms with Gasteiger partial charge in [-0.1, -0.05) is 30.3 Å². The van der Waals surface area contributed by atoms with Crippen LogP contribution in [-0.2, 0) is 15.0 Å². The Morgan fingerprint density at radius 3 is 2.50 bits per heavy atom. The van der Waals surface area contributed by atoms with Crippen LogP contribution in [0.25, 0.3) is 0 Å². The maximum atomic E-state index is 13.9. The van der Waals surface area contributed by atoms with Gasteiger partial charge in [-0.15, -0.1) is 0 Å². The highest BCUT2D eigenvalue weighted by Crippen LogP contribution is 2.71. The smallest absolute Gasteiger partial charge is 0.234 e. The molecule has 0 spiro atoms. The maximum Gasteiger partial charge on any atom is 0.234 e. The number of rotatable bonds is 5. The molecule has 1 saturated heterocycles. The number of carbonyl (C=O) groups is 2. The second-order valence-electron chi connectivity index (χ2n) is 10.8. The second kappa shape index (κ2) is 6.81. The molecular weight excluding hydrogens is 374 g/mol. The molecule has 5 heteroatoms. The van der Waals surface area contributed by atoms with Crippen molar-refractivity contribution < 1.29 is 9.59 Å². The molecule has 160 valence electrons. The van der Waals surface area contributed by atoms with E-state index in [1.807, 2.05) is 0 Å². The topological polar surface area (TPSA) is 52.7 Å². The molecule has 5 nitrogen and oxygen atoms in total. The molecule has 4 unspecified atom stereocenters. The van der Waals surface area contributed by atoms with Gasteiger partial charge < -0.3 is 10.2 Å². The fraction of sp³-hybridized carbons (Fsp3) is 0.680. The summed E-state index contributed by atoms with van der Waals surface area (Å²) in [6, 6.07) is 11.4. The van der Waals surface area contributed by atoms with Crippen LogP contribution >= 0.6 is 0 Å². The Hall–Kier alpha value is -1.88. The first-order chi connectivity index (χ1) is 14.6. The molecule has 30 heavy (non-hydrogen) atoms. The third kappa shape index (κ3) is 3.00. The molecule has 0 aromatic heterocycles. The average Bonchev–Trinajstić information content (AvgIpc) is 3.49. The summed E-state index contributed by atoms with van der Waals surface area (Å²) in [5.41, 5.74) is 1.57. The normalized spacial score (nSPS) is 37.5. The fourth-order valence-electron chi connectivity index (χ4n) is 7.49. The molecule has 2 amide bonds. The van der Waals surface area contributed by atoms with Crippen LogP contribution in [0.15, 0.2) is 30.3 Å². The Kier molecular flexibility index (Phi) is 4.28. The first-order valence-electron chi connectivity index (χ1n) is 11.9. The molecule has 0 radical (unpaired) electrons. The van der Waals surface area contributed by atoms with Gasteiger partial charge in [0.25, 0.3) is 0 Å². The monoisotopic (exact) mass is 407 g/mol. The van der Waals surface area contributed by atoms with Gasteiger partial charge in [-0.3, -0.25) is 14.5 Å². The molecule has 7 rings (SSSR count). The number of nitrogens with one attached hydrogen (secondary N) is 1. The van der Waals surface area contributed by atoms with E-state index in [0.717, 1.165) is 51.9 Å². The van der Waals surface area contributed by atoms with E-state index in [2.05, 4.69) is 45.4 Å². The Morgan fingerprint density at radius 2 is 1.77 bits per heavy atom. The third-order valence-electron chi connectivity index (χ3n) is 8.80. The number of nitrogens with zero attached hydrogens (tertiary/aromatic N) is 2. The summed E-state index contributed by atoms with van der Waals surface area (Å²) in [4.78, 5) is 30.3. The van der Waals surface area contributed by atoms with E-state index in [-0.39, 0.29) is 16.7 Å². The third-order valence-corrected chi connectivity index (χ3v) is 8.80. The Labute approximate surface area is 179 Å². The van der Waals surface area contributed by atoms with Crippen LogP contribution in [0.1, 0.15) is 50.5 Å². The fourth-order valence-corrected chi connectivity index (χ4v) is 7.49. The quantitative estimate of drug-likeness (QED) is 0.816. The summed E-state index contributed by atoms with van der Waals surface area (Å²) in [6.45, 7) is 3.65. The minimum Gasteiger partial charge on any atom is -0.352 e. The van der Waals surface area contributed by atoms with Crippen LogP contribution < -0.4 is 5.32 Å². The van der Waals surface area contributed by atoms with Gasteiger partial charge in [-0.05, 0) is 67.8 Å². The summed E-state index contributed by atoms with van der Waals surface area (Å²) < 4.78 is 0. The van der Waals surface area contributed by atoms with Crippen molar-refractivity contribution in [3.8, 4) is 0 Å². The predicted molar refractivity (Wildman–Crippen MR) is 115 cm³/mol. The van der Waals surface area contributed by atoms with Crippen molar-refractivity contribution in [2.24, 2.45) is 17.3 Å². The number of carbonyl (C=O) groups excluding carboxylic acids is 2. The number of hydrogen-bond acceptors (Lipinski definition) is 3. The second-order valence-corrected chi connectivity index (χ2v) is 10.8. The Morgan fingerprint density at radius 1 is 1.00 bits per heavy atom. The zero-order valence-electron chi connectivity index (χ0n) is 17.8. The molecule has 5 saturated carbocycles. The van der Waals surface area contributed by atoms with Crippen molar-refractivity contribution in [3.63, 3.8) is 0 Å². The zero-order chi connectivity index (χ0) is 20.3. The number of benzene rings is 1. The van der Waals surface area contributed by atoms with Gasteiger partial charge in [-0.25, -0.2) is 0 Å². The first-order valence-corrected chi connectivity index (χ1v) is 11.9. The summed E-state index contributed by atoms with van der Waals surface area (Å²) in [6.07, 6.45) is 8.13. The maximum absolute atomic E-state index is 13.9.